The van der Waals surface area contributed by atoms with Gasteiger partial charge in [-0.3, -0.25) is 4.57 Å². The van der Waals surface area contributed by atoms with Gasteiger partial charge in [-0.25, -0.2) is 4.79 Å². The van der Waals surface area contributed by atoms with Crippen molar-refractivity contribution in [3.05, 3.63) is 20.3 Å². The molecule has 0 spiro atoms. The van der Waals surface area contributed by atoms with Crippen molar-refractivity contribution >= 4 is 36.7 Å². The highest BCUT2D eigenvalue weighted by Crippen LogP contribution is 2.37. The summed E-state index contributed by atoms with van der Waals surface area (Å²) in [7, 11) is -1.92. The van der Waals surface area contributed by atoms with E-state index in [1.165, 1.54) is 4.57 Å². The first-order valence-corrected chi connectivity index (χ1v) is 11.9. The zero-order chi connectivity index (χ0) is 18.3. The maximum atomic E-state index is 12.0. The van der Waals surface area contributed by atoms with Gasteiger partial charge < -0.3 is 20.0 Å². The highest BCUT2D eigenvalue weighted by molar-refractivity contribution is 14.1. The second kappa shape index (κ2) is 7.02. The van der Waals surface area contributed by atoms with Gasteiger partial charge in [-0.2, -0.15) is 4.98 Å². The molecule has 24 heavy (non-hydrogen) atoms. The number of halogens is 1. The van der Waals surface area contributed by atoms with Crippen LogP contribution in [0.2, 0.25) is 18.1 Å². The minimum absolute atomic E-state index is 0.0872. The molecule has 0 amide bonds. The predicted molar refractivity (Wildman–Crippen MR) is 103 cm³/mol. The van der Waals surface area contributed by atoms with Gasteiger partial charge in [-0.05, 0) is 40.7 Å². The molecule has 0 radical (unpaired) electrons. The molecule has 2 heterocycles. The number of ether oxygens (including phenoxy) is 1. The number of rotatable bonds is 4. The average Bonchev–Trinajstić information content (AvgIpc) is 2.80. The molecule has 1 fully saturated rings. The second-order valence-corrected chi connectivity index (χ2v) is 13.6. The van der Waals surface area contributed by atoms with E-state index in [0.717, 1.165) is 0 Å². The normalized spacial score (nSPS) is 25.2. The second-order valence-electron chi connectivity index (χ2n) is 7.67. The van der Waals surface area contributed by atoms with Crippen molar-refractivity contribution in [3.8, 4) is 0 Å². The van der Waals surface area contributed by atoms with Crippen molar-refractivity contribution in [3.63, 3.8) is 0 Å². The smallest absolute Gasteiger partial charge is 0.351 e. The fraction of sp³-hybridized carbons (Fsp3) is 0.733. The van der Waals surface area contributed by atoms with Gasteiger partial charge in [0.2, 0.25) is 0 Å². The van der Waals surface area contributed by atoms with Gasteiger partial charge in [0.25, 0.3) is 0 Å². The molecule has 0 aromatic carbocycles. The van der Waals surface area contributed by atoms with Crippen LogP contribution in [0.25, 0.3) is 0 Å². The van der Waals surface area contributed by atoms with Crippen molar-refractivity contribution in [1.29, 1.82) is 0 Å². The lowest BCUT2D eigenvalue weighted by atomic mass is 10.2. The van der Waals surface area contributed by atoms with Gasteiger partial charge >= 0.3 is 5.69 Å². The van der Waals surface area contributed by atoms with Crippen molar-refractivity contribution in [2.45, 2.75) is 63.8 Å². The molecular weight excluding hydrogens is 441 g/mol. The van der Waals surface area contributed by atoms with Crippen LogP contribution < -0.4 is 11.4 Å². The molecule has 9 heteroatoms. The predicted octanol–water partition coefficient (Wildman–Crippen LogP) is 2.10. The van der Waals surface area contributed by atoms with Crippen LogP contribution in [-0.2, 0) is 9.16 Å². The zero-order valence-corrected chi connectivity index (χ0v) is 17.9. The molecule has 3 atom stereocenters. The fourth-order valence-electron chi connectivity index (χ4n) is 2.21. The topological polar surface area (TPSA) is 99.6 Å². The molecule has 7 nitrogen and oxygen atoms in total. The summed E-state index contributed by atoms with van der Waals surface area (Å²) in [5, 5.41) is 10.4. The van der Waals surface area contributed by atoms with Crippen LogP contribution in [0.15, 0.2) is 11.0 Å². The first-order valence-electron chi connectivity index (χ1n) is 7.94. The number of nitrogens with zero attached hydrogens (tertiary/aromatic N) is 2. The molecule has 0 unspecified atom stereocenters. The minimum Gasteiger partial charge on any atom is -0.414 e. The molecule has 1 aliphatic rings. The van der Waals surface area contributed by atoms with E-state index in [-0.39, 0.29) is 10.9 Å². The van der Waals surface area contributed by atoms with Gasteiger partial charge in [-0.15, -0.1) is 0 Å². The summed E-state index contributed by atoms with van der Waals surface area (Å²) in [6.07, 6.45) is 0.252. The highest BCUT2D eigenvalue weighted by atomic mass is 127. The number of anilines is 1. The first kappa shape index (κ1) is 19.8. The summed E-state index contributed by atoms with van der Waals surface area (Å²) in [6.45, 7) is 11.1. The van der Waals surface area contributed by atoms with Crippen molar-refractivity contribution < 1.29 is 14.3 Å². The maximum Gasteiger partial charge on any atom is 0.351 e. The lowest BCUT2D eigenvalue weighted by Crippen LogP contribution is -2.43. The maximum absolute atomic E-state index is 12.0. The number of nitrogens with two attached hydrogens (primary N) is 1. The molecule has 136 valence electrons. The van der Waals surface area contributed by atoms with Crippen LogP contribution >= 0.6 is 22.6 Å². The van der Waals surface area contributed by atoms with Crippen LogP contribution in [-0.4, -0.2) is 41.8 Å². The molecule has 3 N–H and O–H groups in total. The monoisotopic (exact) mass is 467 g/mol. The Bertz CT molecular complexity index is 659. The third-order valence-corrected chi connectivity index (χ3v) is 10.2. The lowest BCUT2D eigenvalue weighted by Gasteiger charge is -2.37. The Hall–Kier alpha value is -0.493. The van der Waals surface area contributed by atoms with E-state index < -0.39 is 32.4 Å². The summed E-state index contributed by atoms with van der Waals surface area (Å²) < 4.78 is 14.1. The van der Waals surface area contributed by atoms with E-state index in [0.29, 0.717) is 16.6 Å². The van der Waals surface area contributed by atoms with Crippen molar-refractivity contribution in [1.82, 2.24) is 9.55 Å². The van der Waals surface area contributed by atoms with Gasteiger partial charge in [-0.1, -0.05) is 20.8 Å². The number of aromatic nitrogens is 2. The number of aliphatic hydroxyl groups excluding tert-OH is 1. The Morgan fingerprint density at radius 1 is 1.54 bits per heavy atom. The molecule has 0 saturated carbocycles. The number of hydrogen-bond donors (Lipinski definition) is 2. The van der Waals surface area contributed by atoms with Gasteiger partial charge in [0.15, 0.2) is 8.32 Å². The number of aliphatic hydroxyl groups is 1. The molecule has 1 aromatic heterocycles. The Morgan fingerprint density at radius 2 is 2.17 bits per heavy atom. The molecular formula is C15H26IN3O4Si. The molecule has 0 aliphatic carbocycles. The van der Waals surface area contributed by atoms with Crippen LogP contribution in [0.3, 0.4) is 0 Å². The highest BCUT2D eigenvalue weighted by Gasteiger charge is 2.41. The quantitative estimate of drug-likeness (QED) is 0.520. The van der Waals surface area contributed by atoms with Crippen LogP contribution in [0, 0.1) is 3.57 Å². The molecule has 1 aliphatic heterocycles. The van der Waals surface area contributed by atoms with Crippen LogP contribution in [0.1, 0.15) is 33.4 Å². The average molecular weight is 467 g/mol. The van der Waals surface area contributed by atoms with E-state index in [2.05, 4.69) is 38.8 Å². The summed E-state index contributed by atoms with van der Waals surface area (Å²) in [5.41, 5.74) is 5.17. The van der Waals surface area contributed by atoms with E-state index in [1.54, 1.807) is 6.20 Å². The van der Waals surface area contributed by atoms with Gasteiger partial charge in [0, 0.05) is 12.6 Å². The van der Waals surface area contributed by atoms with E-state index in [1.807, 2.05) is 22.6 Å². The molecule has 1 saturated heterocycles. The fourth-order valence-corrected chi connectivity index (χ4v) is 3.64. The largest absolute Gasteiger partial charge is 0.414 e. The SMILES string of the molecule is CC(C)(C)[Si](C)(C)OC[C@@H]1O[C@H](n2cc(I)c(N)nc2=O)C[C@@H]1O. The zero-order valence-electron chi connectivity index (χ0n) is 14.7. The van der Waals surface area contributed by atoms with E-state index >= 15 is 0 Å². The number of hydrogen-bond acceptors (Lipinski definition) is 6. The summed E-state index contributed by atoms with van der Waals surface area (Å²) in [6, 6.07) is 0. The Balaban J connectivity index is 2.08. The molecule has 0 bridgehead atoms. The molecule has 2 rings (SSSR count). The minimum atomic E-state index is -1.92. The van der Waals surface area contributed by atoms with Crippen molar-refractivity contribution in [2.24, 2.45) is 0 Å². The third kappa shape index (κ3) is 4.18. The van der Waals surface area contributed by atoms with Crippen LogP contribution in [0.4, 0.5) is 5.82 Å². The van der Waals surface area contributed by atoms with Gasteiger partial charge in [0.05, 0.1) is 16.3 Å². The van der Waals surface area contributed by atoms with Crippen molar-refractivity contribution in [2.75, 3.05) is 12.3 Å². The number of nitrogen functional groups attached to an aromatic ring is 1. The van der Waals surface area contributed by atoms with E-state index in [4.69, 9.17) is 14.9 Å². The summed E-state index contributed by atoms with van der Waals surface area (Å²) in [4.78, 5) is 15.8. The first-order chi connectivity index (χ1) is 10.9. The molecule has 1 aromatic rings. The van der Waals surface area contributed by atoms with Gasteiger partial charge in [0.1, 0.15) is 18.1 Å². The summed E-state index contributed by atoms with van der Waals surface area (Å²) >= 11 is 2.02. The Morgan fingerprint density at radius 3 is 2.75 bits per heavy atom. The Kier molecular flexibility index (Phi) is 5.80. The standard InChI is InChI=1S/C15H26IN3O4Si/c1-15(2,3)24(4,5)22-8-11-10(20)6-12(23-11)19-7-9(16)13(17)18-14(19)21/h7,10-12,20H,6,8H2,1-5H3,(H2,17,18,21)/t10-,11-,12-/m0/s1. The lowest BCUT2D eigenvalue weighted by molar-refractivity contribution is -0.0432. The Labute approximate surface area is 156 Å². The summed E-state index contributed by atoms with van der Waals surface area (Å²) in [5.74, 6) is 0.202. The third-order valence-electron chi connectivity index (χ3n) is 4.86. The van der Waals surface area contributed by atoms with E-state index in [9.17, 15) is 9.90 Å². The van der Waals surface area contributed by atoms with Crippen LogP contribution in [0.5, 0.6) is 0 Å².